The van der Waals surface area contributed by atoms with E-state index >= 15 is 0 Å². The number of hydrogen-bond donors (Lipinski definition) is 0. The Morgan fingerprint density at radius 3 is 2.63 bits per heavy atom. The smallest absolute Gasteiger partial charge is 0.422 e. The number of carbonyl (C=O) groups excluding carboxylic acids is 1. The van der Waals surface area contributed by atoms with Crippen LogP contribution in [0.4, 0.5) is 18.0 Å². The Hall–Kier alpha value is -1.79. The first-order chi connectivity index (χ1) is 8.81. The average molecular weight is 276 g/mol. The van der Waals surface area contributed by atoms with E-state index in [0.717, 1.165) is 10.6 Å². The van der Waals surface area contributed by atoms with Crippen molar-refractivity contribution in [1.29, 1.82) is 0 Å². The van der Waals surface area contributed by atoms with Crippen LogP contribution in [0.5, 0.6) is 0 Å². The molecule has 0 aliphatic rings. The molecule has 0 bridgehead atoms. The Kier molecular flexibility index (Phi) is 5.14. The van der Waals surface area contributed by atoms with Gasteiger partial charge in [-0.15, -0.1) is 0 Å². The number of hydrogen-bond acceptors (Lipinski definition) is 3. The minimum Gasteiger partial charge on any atom is -0.440 e. The van der Waals surface area contributed by atoms with Gasteiger partial charge < -0.3 is 9.64 Å². The minimum atomic E-state index is -4.52. The van der Waals surface area contributed by atoms with Gasteiger partial charge in [-0.1, -0.05) is 6.07 Å². The summed E-state index contributed by atoms with van der Waals surface area (Å²) in [7, 11) is 0. The van der Waals surface area contributed by atoms with E-state index < -0.39 is 18.9 Å². The molecular weight excluding hydrogens is 261 g/mol. The van der Waals surface area contributed by atoms with Crippen molar-refractivity contribution in [3.8, 4) is 0 Å². The zero-order chi connectivity index (χ0) is 14.5. The molecule has 1 amide bonds. The molecule has 0 aliphatic heterocycles. The second-order valence-corrected chi connectivity index (χ2v) is 3.95. The first kappa shape index (κ1) is 15.3. The number of aromatic nitrogens is 1. The topological polar surface area (TPSA) is 42.4 Å². The standard InChI is InChI=1S/C12H15F3N2O2/c1-3-17(11(18)19-8-12(13,14)15)7-10-6-4-5-9(2)16-10/h4-6H,3,7-8H2,1-2H3. The molecule has 4 nitrogen and oxygen atoms in total. The maximum Gasteiger partial charge on any atom is 0.422 e. The van der Waals surface area contributed by atoms with Crippen LogP contribution in [0.2, 0.25) is 0 Å². The molecule has 1 aromatic heterocycles. The van der Waals surface area contributed by atoms with E-state index in [1.807, 2.05) is 0 Å². The van der Waals surface area contributed by atoms with E-state index in [1.54, 1.807) is 32.0 Å². The highest BCUT2D eigenvalue weighted by atomic mass is 19.4. The Morgan fingerprint density at radius 1 is 1.42 bits per heavy atom. The normalized spacial score (nSPS) is 11.2. The van der Waals surface area contributed by atoms with Gasteiger partial charge in [0.2, 0.25) is 0 Å². The molecule has 0 saturated carbocycles. The summed E-state index contributed by atoms with van der Waals surface area (Å²) in [5.74, 6) is 0. The van der Waals surface area contributed by atoms with Crippen molar-refractivity contribution in [3.63, 3.8) is 0 Å². The molecule has 0 atom stereocenters. The Balaban J connectivity index is 2.60. The summed E-state index contributed by atoms with van der Waals surface area (Å²) >= 11 is 0. The molecule has 0 unspecified atom stereocenters. The fraction of sp³-hybridized carbons (Fsp3) is 0.500. The molecule has 0 N–H and O–H groups in total. The third kappa shape index (κ3) is 5.58. The largest absolute Gasteiger partial charge is 0.440 e. The maximum atomic E-state index is 12.0. The van der Waals surface area contributed by atoms with Crippen LogP contribution in [0.3, 0.4) is 0 Å². The molecule has 0 saturated heterocycles. The van der Waals surface area contributed by atoms with E-state index in [4.69, 9.17) is 0 Å². The van der Waals surface area contributed by atoms with Crippen LogP contribution in [0, 0.1) is 6.92 Å². The van der Waals surface area contributed by atoms with E-state index in [1.165, 1.54) is 0 Å². The zero-order valence-corrected chi connectivity index (χ0v) is 10.7. The van der Waals surface area contributed by atoms with Crippen LogP contribution in [-0.2, 0) is 11.3 Å². The van der Waals surface area contributed by atoms with Gasteiger partial charge in [-0.25, -0.2) is 4.79 Å². The molecule has 19 heavy (non-hydrogen) atoms. The molecule has 0 aromatic carbocycles. The monoisotopic (exact) mass is 276 g/mol. The van der Waals surface area contributed by atoms with Crippen molar-refractivity contribution in [2.24, 2.45) is 0 Å². The SMILES string of the molecule is CCN(Cc1cccc(C)n1)C(=O)OCC(F)(F)F. The number of amides is 1. The number of alkyl halides is 3. The molecule has 1 aromatic rings. The molecule has 106 valence electrons. The molecule has 0 spiro atoms. The molecule has 0 aliphatic carbocycles. The van der Waals surface area contributed by atoms with Crippen molar-refractivity contribution >= 4 is 6.09 Å². The zero-order valence-electron chi connectivity index (χ0n) is 10.7. The van der Waals surface area contributed by atoms with Gasteiger partial charge >= 0.3 is 12.3 Å². The first-order valence-electron chi connectivity index (χ1n) is 5.73. The fourth-order valence-corrected chi connectivity index (χ4v) is 1.42. The Bertz CT molecular complexity index is 435. The predicted octanol–water partition coefficient (Wildman–Crippen LogP) is 2.91. The lowest BCUT2D eigenvalue weighted by molar-refractivity contribution is -0.162. The van der Waals surface area contributed by atoms with Crippen molar-refractivity contribution < 1.29 is 22.7 Å². The Labute approximate surface area is 109 Å². The number of rotatable bonds is 4. The van der Waals surface area contributed by atoms with Gasteiger partial charge in [0, 0.05) is 12.2 Å². The van der Waals surface area contributed by atoms with Gasteiger partial charge in [-0.3, -0.25) is 4.98 Å². The second kappa shape index (κ2) is 6.40. The lowest BCUT2D eigenvalue weighted by Gasteiger charge is -2.20. The van der Waals surface area contributed by atoms with Crippen molar-refractivity contribution in [1.82, 2.24) is 9.88 Å². The highest BCUT2D eigenvalue weighted by Crippen LogP contribution is 2.15. The average Bonchev–Trinajstić information content (AvgIpc) is 2.32. The summed E-state index contributed by atoms with van der Waals surface area (Å²) in [5.41, 5.74) is 1.38. The van der Waals surface area contributed by atoms with Gasteiger partial charge in [0.25, 0.3) is 0 Å². The van der Waals surface area contributed by atoms with Crippen LogP contribution in [0.15, 0.2) is 18.2 Å². The minimum absolute atomic E-state index is 0.120. The molecule has 0 fully saturated rings. The maximum absolute atomic E-state index is 12.0. The van der Waals surface area contributed by atoms with Crippen LogP contribution in [-0.4, -0.2) is 35.3 Å². The van der Waals surface area contributed by atoms with Crippen molar-refractivity contribution in [2.45, 2.75) is 26.6 Å². The highest BCUT2D eigenvalue weighted by Gasteiger charge is 2.30. The number of aryl methyl sites for hydroxylation is 1. The number of carbonyl (C=O) groups is 1. The number of ether oxygens (including phenoxy) is 1. The van der Waals surface area contributed by atoms with E-state index in [9.17, 15) is 18.0 Å². The van der Waals surface area contributed by atoms with Crippen LogP contribution < -0.4 is 0 Å². The summed E-state index contributed by atoms with van der Waals surface area (Å²) in [6.07, 6.45) is -5.51. The highest BCUT2D eigenvalue weighted by molar-refractivity contribution is 5.67. The third-order valence-corrected chi connectivity index (χ3v) is 2.30. The van der Waals surface area contributed by atoms with E-state index in [0.29, 0.717) is 5.69 Å². The summed E-state index contributed by atoms with van der Waals surface area (Å²) in [5, 5.41) is 0. The summed E-state index contributed by atoms with van der Waals surface area (Å²) in [4.78, 5) is 16.8. The second-order valence-electron chi connectivity index (χ2n) is 3.95. The summed E-state index contributed by atoms with van der Waals surface area (Å²) in [6.45, 7) is 2.23. The van der Waals surface area contributed by atoms with Gasteiger partial charge in [-0.2, -0.15) is 13.2 Å². The lowest BCUT2D eigenvalue weighted by atomic mass is 10.3. The van der Waals surface area contributed by atoms with Crippen LogP contribution in [0.25, 0.3) is 0 Å². The molecule has 0 radical (unpaired) electrons. The summed E-state index contributed by atoms with van der Waals surface area (Å²) in [6, 6.07) is 5.26. The van der Waals surface area contributed by atoms with Gasteiger partial charge in [-0.05, 0) is 26.0 Å². The van der Waals surface area contributed by atoms with E-state index in [2.05, 4.69) is 9.72 Å². The number of halogens is 3. The van der Waals surface area contributed by atoms with Crippen molar-refractivity contribution in [2.75, 3.05) is 13.2 Å². The fourth-order valence-electron chi connectivity index (χ4n) is 1.42. The van der Waals surface area contributed by atoms with Gasteiger partial charge in [0.05, 0.1) is 12.2 Å². The number of pyridine rings is 1. The van der Waals surface area contributed by atoms with Crippen molar-refractivity contribution in [3.05, 3.63) is 29.6 Å². The van der Waals surface area contributed by atoms with E-state index in [-0.39, 0.29) is 13.1 Å². The van der Waals surface area contributed by atoms with Crippen LogP contribution in [0.1, 0.15) is 18.3 Å². The predicted molar refractivity (Wildman–Crippen MR) is 62.5 cm³/mol. The molecule has 1 heterocycles. The molecular formula is C12H15F3N2O2. The van der Waals surface area contributed by atoms with Crippen LogP contribution >= 0.6 is 0 Å². The Morgan fingerprint density at radius 2 is 2.11 bits per heavy atom. The third-order valence-electron chi connectivity index (χ3n) is 2.30. The lowest BCUT2D eigenvalue weighted by Crippen LogP contribution is -2.33. The molecule has 7 heteroatoms. The quantitative estimate of drug-likeness (QED) is 0.849. The van der Waals surface area contributed by atoms with Gasteiger partial charge in [0.15, 0.2) is 6.61 Å². The summed E-state index contributed by atoms with van der Waals surface area (Å²) < 4.78 is 40.1. The molecule has 1 rings (SSSR count). The first-order valence-corrected chi connectivity index (χ1v) is 5.73. The van der Waals surface area contributed by atoms with Gasteiger partial charge in [0.1, 0.15) is 0 Å². The number of nitrogens with zero attached hydrogens (tertiary/aromatic N) is 2.